The van der Waals surface area contributed by atoms with Crippen molar-refractivity contribution >= 4 is 16.9 Å². The van der Waals surface area contributed by atoms with Crippen LogP contribution in [-0.4, -0.2) is 29.2 Å². The Balaban J connectivity index is 1.52. The van der Waals surface area contributed by atoms with Crippen molar-refractivity contribution < 1.29 is 9.53 Å². The van der Waals surface area contributed by atoms with Gasteiger partial charge in [0.15, 0.2) is 5.82 Å². The number of nitrogens with one attached hydrogen (secondary N) is 2. The number of rotatable bonds is 9. The number of imidazole rings is 1. The molecule has 0 radical (unpaired) electrons. The van der Waals surface area contributed by atoms with Crippen LogP contribution in [0.2, 0.25) is 0 Å². The van der Waals surface area contributed by atoms with E-state index in [0.717, 1.165) is 39.3 Å². The Hall–Kier alpha value is -4.84. The van der Waals surface area contributed by atoms with E-state index in [1.165, 1.54) is 0 Å². The lowest BCUT2D eigenvalue weighted by atomic mass is 9.98. The van der Waals surface area contributed by atoms with E-state index in [0.29, 0.717) is 12.1 Å². The van der Waals surface area contributed by atoms with Gasteiger partial charge in [-0.2, -0.15) is 0 Å². The van der Waals surface area contributed by atoms with Crippen LogP contribution in [0.5, 0.6) is 5.75 Å². The largest absolute Gasteiger partial charge is 0.497 e. The van der Waals surface area contributed by atoms with Crippen LogP contribution in [0.15, 0.2) is 116 Å². The van der Waals surface area contributed by atoms with Gasteiger partial charge in [0.1, 0.15) is 5.75 Å². The van der Waals surface area contributed by atoms with Gasteiger partial charge < -0.3 is 15.5 Å². The van der Waals surface area contributed by atoms with Crippen molar-refractivity contribution in [3.05, 3.63) is 132 Å². The molecule has 1 amide bonds. The van der Waals surface area contributed by atoms with Gasteiger partial charge >= 0.3 is 0 Å². The molecule has 0 unspecified atom stereocenters. The van der Waals surface area contributed by atoms with Crippen LogP contribution in [0, 0.1) is 0 Å². The van der Waals surface area contributed by atoms with Crippen molar-refractivity contribution in [1.82, 2.24) is 15.0 Å². The zero-order chi connectivity index (χ0) is 25.6. The van der Waals surface area contributed by atoms with E-state index in [-0.39, 0.29) is 11.9 Å². The zero-order valence-electron chi connectivity index (χ0n) is 20.6. The molecule has 37 heavy (non-hydrogen) atoms. The lowest BCUT2D eigenvalue weighted by Crippen LogP contribution is -2.29. The summed E-state index contributed by atoms with van der Waals surface area (Å²) in [6.07, 6.45) is 1.78. The Morgan fingerprint density at radius 1 is 0.946 bits per heavy atom. The van der Waals surface area contributed by atoms with Crippen molar-refractivity contribution in [3.63, 3.8) is 0 Å². The second-order valence-electron chi connectivity index (χ2n) is 8.58. The number of carbonyl (C=O) groups excluding carboxylic acids is 1. The van der Waals surface area contributed by atoms with E-state index in [1.807, 2.05) is 108 Å². The van der Waals surface area contributed by atoms with Crippen molar-refractivity contribution in [1.29, 1.82) is 0 Å². The molecule has 0 aliphatic rings. The molecule has 0 bridgehead atoms. The molecular weight excluding hydrogens is 460 g/mol. The van der Waals surface area contributed by atoms with Gasteiger partial charge in [0, 0.05) is 17.7 Å². The Kier molecular flexibility index (Phi) is 6.99. The van der Waals surface area contributed by atoms with E-state index < -0.39 is 0 Å². The highest BCUT2D eigenvalue weighted by molar-refractivity contribution is 5.98. The quantitative estimate of drug-likeness (QED) is 0.251. The number of carbonyl (C=O) groups is 1. The molecule has 0 saturated carbocycles. The minimum atomic E-state index is -0.274. The molecule has 5 rings (SSSR count). The fourth-order valence-corrected chi connectivity index (χ4v) is 4.33. The lowest BCUT2D eigenvalue weighted by Gasteiger charge is -2.20. The molecule has 1 heterocycles. The third-order valence-electron chi connectivity index (χ3n) is 6.20. The zero-order valence-corrected chi connectivity index (χ0v) is 20.6. The molecule has 0 aliphatic heterocycles. The number of hydrogen-bond donors (Lipinski definition) is 2. The predicted octanol–water partition coefficient (Wildman–Crippen LogP) is 5.96. The van der Waals surface area contributed by atoms with Gasteiger partial charge in [-0.25, -0.2) is 9.66 Å². The minimum absolute atomic E-state index is 0.165. The van der Waals surface area contributed by atoms with Crippen LogP contribution < -0.4 is 15.5 Å². The summed E-state index contributed by atoms with van der Waals surface area (Å²) in [5.41, 5.74) is 8.43. The molecule has 184 valence electrons. The Bertz CT molecular complexity index is 1470. The van der Waals surface area contributed by atoms with E-state index in [9.17, 15) is 4.79 Å². The van der Waals surface area contributed by atoms with Gasteiger partial charge in [-0.05, 0) is 53.6 Å². The summed E-state index contributed by atoms with van der Waals surface area (Å²) in [6, 6.07) is 33.0. The Morgan fingerprint density at radius 2 is 1.59 bits per heavy atom. The average Bonchev–Trinajstić information content (AvgIpc) is 3.33. The second-order valence-corrected chi connectivity index (χ2v) is 8.58. The molecule has 5 aromatic rings. The molecule has 4 aromatic carbocycles. The number of hydrogen-bond acceptors (Lipinski definition) is 4. The van der Waals surface area contributed by atoms with E-state index >= 15 is 0 Å². The van der Waals surface area contributed by atoms with Gasteiger partial charge in [0.05, 0.1) is 24.2 Å². The molecular formula is C31H28N4O2. The van der Waals surface area contributed by atoms with Crippen molar-refractivity contribution in [2.45, 2.75) is 6.04 Å². The van der Waals surface area contributed by atoms with Crippen molar-refractivity contribution in [3.8, 4) is 17.1 Å². The normalized spacial score (nSPS) is 10.9. The predicted molar refractivity (Wildman–Crippen MR) is 148 cm³/mol. The van der Waals surface area contributed by atoms with E-state index in [2.05, 4.69) is 17.3 Å². The molecule has 0 spiro atoms. The van der Waals surface area contributed by atoms with Crippen LogP contribution in [0.1, 0.15) is 27.5 Å². The van der Waals surface area contributed by atoms with Gasteiger partial charge in [-0.15, -0.1) is 6.58 Å². The number of benzene rings is 4. The standard InChI is InChI=1S/C31H28N4O2/c1-3-20-32-35-28-21-25(16-19-27(28)33-30(35)24-14-17-26(37-2)18-15-24)31(36)34-29(22-10-6-4-7-11-22)23-12-8-5-9-13-23/h3-19,21,29,32H,1,20H2,2H3,(H,34,36). The van der Waals surface area contributed by atoms with Crippen LogP contribution >= 0.6 is 0 Å². The molecule has 0 aliphatic carbocycles. The summed E-state index contributed by atoms with van der Waals surface area (Å²) < 4.78 is 7.20. The first kappa shape index (κ1) is 23.9. The van der Waals surface area contributed by atoms with E-state index in [4.69, 9.17) is 9.72 Å². The van der Waals surface area contributed by atoms with Gasteiger partial charge in [0.25, 0.3) is 5.91 Å². The molecule has 2 N–H and O–H groups in total. The fraction of sp³-hybridized carbons (Fsp3) is 0.0968. The first-order chi connectivity index (χ1) is 18.2. The third kappa shape index (κ3) is 5.09. The van der Waals surface area contributed by atoms with Gasteiger partial charge in [-0.3, -0.25) is 4.79 Å². The molecule has 0 fully saturated rings. The van der Waals surface area contributed by atoms with E-state index in [1.54, 1.807) is 13.2 Å². The van der Waals surface area contributed by atoms with Gasteiger partial charge in [0.2, 0.25) is 0 Å². The molecule has 6 heteroatoms. The number of fused-ring (bicyclic) bond motifs is 1. The average molecular weight is 489 g/mol. The SMILES string of the molecule is C=CCNn1c(-c2ccc(OC)cc2)nc2ccc(C(=O)NC(c3ccccc3)c3ccccc3)cc21. The summed E-state index contributed by atoms with van der Waals surface area (Å²) in [5.74, 6) is 1.35. The van der Waals surface area contributed by atoms with Crippen LogP contribution in [0.4, 0.5) is 0 Å². The van der Waals surface area contributed by atoms with Crippen molar-refractivity contribution in [2.75, 3.05) is 19.1 Å². The van der Waals surface area contributed by atoms with Gasteiger partial charge in [-0.1, -0.05) is 66.7 Å². The van der Waals surface area contributed by atoms with Crippen LogP contribution in [0.3, 0.4) is 0 Å². The van der Waals surface area contributed by atoms with Crippen LogP contribution in [-0.2, 0) is 0 Å². The topological polar surface area (TPSA) is 68.2 Å². The Labute approximate surface area is 216 Å². The smallest absolute Gasteiger partial charge is 0.252 e. The van der Waals surface area contributed by atoms with Crippen LogP contribution in [0.25, 0.3) is 22.4 Å². The summed E-state index contributed by atoms with van der Waals surface area (Å²) in [6.45, 7) is 4.36. The lowest BCUT2D eigenvalue weighted by molar-refractivity contribution is 0.0943. The maximum Gasteiger partial charge on any atom is 0.252 e. The maximum absolute atomic E-state index is 13.5. The molecule has 1 aromatic heterocycles. The third-order valence-corrected chi connectivity index (χ3v) is 6.20. The highest BCUT2D eigenvalue weighted by Crippen LogP contribution is 2.27. The number of amides is 1. The maximum atomic E-state index is 13.5. The fourth-order valence-electron chi connectivity index (χ4n) is 4.33. The number of aromatic nitrogens is 2. The first-order valence-corrected chi connectivity index (χ1v) is 12.1. The second kappa shape index (κ2) is 10.8. The summed E-state index contributed by atoms with van der Waals surface area (Å²) >= 11 is 0. The molecule has 0 saturated heterocycles. The minimum Gasteiger partial charge on any atom is -0.497 e. The molecule has 0 atom stereocenters. The Morgan fingerprint density at radius 3 is 2.19 bits per heavy atom. The van der Waals surface area contributed by atoms with Crippen molar-refractivity contribution in [2.24, 2.45) is 0 Å². The summed E-state index contributed by atoms with van der Waals surface area (Å²) in [7, 11) is 1.64. The summed E-state index contributed by atoms with van der Waals surface area (Å²) in [5, 5.41) is 3.23. The highest BCUT2D eigenvalue weighted by atomic mass is 16.5. The number of ether oxygens (including phenoxy) is 1. The molecule has 6 nitrogen and oxygen atoms in total. The first-order valence-electron chi connectivity index (χ1n) is 12.1. The number of methoxy groups -OCH3 is 1. The monoisotopic (exact) mass is 488 g/mol. The highest BCUT2D eigenvalue weighted by Gasteiger charge is 2.20. The summed E-state index contributed by atoms with van der Waals surface area (Å²) in [4.78, 5) is 18.4. The number of nitrogens with zero attached hydrogens (tertiary/aromatic N) is 2.